The Morgan fingerprint density at radius 3 is 2.40 bits per heavy atom. The average Bonchev–Trinajstić information content (AvgIpc) is 3.01. The highest BCUT2D eigenvalue weighted by Crippen LogP contribution is 2.31. The minimum absolute atomic E-state index is 0.333. The maximum absolute atomic E-state index is 5.92. The zero-order chi connectivity index (χ0) is 11.3. The second-order valence-corrected chi connectivity index (χ2v) is 5.54. The highest BCUT2D eigenvalue weighted by molar-refractivity contribution is 4.83. The van der Waals surface area contributed by atoms with Crippen LogP contribution < -0.4 is 5.73 Å². The molecule has 0 bridgehead atoms. The molecule has 0 saturated heterocycles. The van der Waals surface area contributed by atoms with Crippen molar-refractivity contribution < 1.29 is 0 Å². The molecule has 0 radical (unpaired) electrons. The molecule has 0 aromatic carbocycles. The summed E-state index contributed by atoms with van der Waals surface area (Å²) in [5.74, 6) is 0.994. The summed E-state index contributed by atoms with van der Waals surface area (Å²) in [6, 6.07) is 0. The van der Waals surface area contributed by atoms with Crippen molar-refractivity contribution in [2.24, 2.45) is 17.1 Å². The molecule has 2 nitrogen and oxygen atoms in total. The standard InChI is InChI=1S/C13H28N2/c1-4-8-13(3,10-14)11-15(5-2)9-12-6-7-12/h12H,4-11,14H2,1-3H3. The molecule has 1 atom stereocenters. The van der Waals surface area contributed by atoms with Gasteiger partial charge >= 0.3 is 0 Å². The number of nitrogens with zero attached hydrogens (tertiary/aromatic N) is 1. The molecule has 90 valence electrons. The third-order valence-electron chi connectivity index (χ3n) is 3.61. The molecule has 0 heterocycles. The van der Waals surface area contributed by atoms with E-state index in [2.05, 4.69) is 25.7 Å². The van der Waals surface area contributed by atoms with E-state index in [9.17, 15) is 0 Å². The molecular formula is C13H28N2. The van der Waals surface area contributed by atoms with Crippen molar-refractivity contribution in [1.29, 1.82) is 0 Å². The van der Waals surface area contributed by atoms with Gasteiger partial charge in [0.1, 0.15) is 0 Å². The van der Waals surface area contributed by atoms with Gasteiger partial charge in [-0.2, -0.15) is 0 Å². The monoisotopic (exact) mass is 212 g/mol. The average molecular weight is 212 g/mol. The Bertz CT molecular complexity index is 177. The molecule has 1 saturated carbocycles. The Hall–Kier alpha value is -0.0800. The van der Waals surface area contributed by atoms with E-state index < -0.39 is 0 Å². The van der Waals surface area contributed by atoms with Crippen LogP contribution in [0.4, 0.5) is 0 Å². The maximum Gasteiger partial charge on any atom is 0.00474 e. The Balaban J connectivity index is 2.38. The number of hydrogen-bond acceptors (Lipinski definition) is 2. The lowest BCUT2D eigenvalue weighted by molar-refractivity contribution is 0.159. The SMILES string of the molecule is CCCC(C)(CN)CN(CC)CC1CC1. The van der Waals surface area contributed by atoms with E-state index in [-0.39, 0.29) is 0 Å². The van der Waals surface area contributed by atoms with Gasteiger partial charge in [0.15, 0.2) is 0 Å². The summed E-state index contributed by atoms with van der Waals surface area (Å²) in [6.07, 6.45) is 5.40. The van der Waals surface area contributed by atoms with Gasteiger partial charge in [0.25, 0.3) is 0 Å². The van der Waals surface area contributed by atoms with Gasteiger partial charge in [-0.15, -0.1) is 0 Å². The second-order valence-electron chi connectivity index (χ2n) is 5.54. The Morgan fingerprint density at radius 1 is 1.33 bits per heavy atom. The fourth-order valence-electron chi connectivity index (χ4n) is 2.36. The van der Waals surface area contributed by atoms with E-state index in [4.69, 9.17) is 5.73 Å². The summed E-state index contributed by atoms with van der Waals surface area (Å²) in [5.41, 5.74) is 6.25. The predicted octanol–water partition coefficient (Wildman–Crippen LogP) is 2.48. The molecule has 2 heteroatoms. The highest BCUT2D eigenvalue weighted by Gasteiger charge is 2.28. The minimum Gasteiger partial charge on any atom is -0.330 e. The molecule has 15 heavy (non-hydrogen) atoms. The molecular weight excluding hydrogens is 184 g/mol. The number of nitrogens with two attached hydrogens (primary N) is 1. The maximum atomic E-state index is 5.92. The molecule has 0 spiro atoms. The molecule has 1 fully saturated rings. The normalized spacial score (nSPS) is 20.6. The first-order valence-electron chi connectivity index (χ1n) is 6.56. The van der Waals surface area contributed by atoms with Crippen molar-refractivity contribution in [3.05, 3.63) is 0 Å². The molecule has 1 aliphatic carbocycles. The first-order chi connectivity index (χ1) is 7.13. The van der Waals surface area contributed by atoms with Crippen LogP contribution in [-0.4, -0.2) is 31.1 Å². The van der Waals surface area contributed by atoms with E-state index in [1.165, 1.54) is 45.3 Å². The Labute approximate surface area is 95.2 Å². The van der Waals surface area contributed by atoms with Crippen LogP contribution >= 0.6 is 0 Å². The summed E-state index contributed by atoms with van der Waals surface area (Å²) in [7, 11) is 0. The van der Waals surface area contributed by atoms with Crippen molar-refractivity contribution in [1.82, 2.24) is 4.90 Å². The molecule has 2 N–H and O–H groups in total. The zero-order valence-electron chi connectivity index (χ0n) is 10.8. The van der Waals surface area contributed by atoms with Gasteiger partial charge in [0.2, 0.25) is 0 Å². The van der Waals surface area contributed by atoms with Gasteiger partial charge in [-0.05, 0) is 43.7 Å². The first kappa shape index (κ1) is 13.0. The zero-order valence-corrected chi connectivity index (χ0v) is 10.8. The minimum atomic E-state index is 0.333. The highest BCUT2D eigenvalue weighted by atomic mass is 15.1. The summed E-state index contributed by atoms with van der Waals surface area (Å²) in [5, 5.41) is 0. The van der Waals surface area contributed by atoms with Crippen LogP contribution in [0.15, 0.2) is 0 Å². The summed E-state index contributed by atoms with van der Waals surface area (Å²) < 4.78 is 0. The Morgan fingerprint density at radius 2 is 2.00 bits per heavy atom. The van der Waals surface area contributed by atoms with Crippen molar-refractivity contribution in [2.45, 2.75) is 46.5 Å². The van der Waals surface area contributed by atoms with Crippen molar-refractivity contribution >= 4 is 0 Å². The van der Waals surface area contributed by atoms with Crippen LogP contribution in [0.2, 0.25) is 0 Å². The lowest BCUT2D eigenvalue weighted by Gasteiger charge is -2.34. The van der Waals surface area contributed by atoms with Gasteiger partial charge < -0.3 is 10.6 Å². The van der Waals surface area contributed by atoms with Crippen LogP contribution in [0.1, 0.15) is 46.5 Å². The van der Waals surface area contributed by atoms with Crippen molar-refractivity contribution in [3.63, 3.8) is 0 Å². The van der Waals surface area contributed by atoms with E-state index in [1.54, 1.807) is 0 Å². The van der Waals surface area contributed by atoms with Crippen LogP contribution in [0.25, 0.3) is 0 Å². The molecule has 0 aromatic heterocycles. The lowest BCUT2D eigenvalue weighted by atomic mass is 9.85. The molecule has 0 aliphatic heterocycles. The van der Waals surface area contributed by atoms with Gasteiger partial charge in [0.05, 0.1) is 0 Å². The van der Waals surface area contributed by atoms with E-state index >= 15 is 0 Å². The summed E-state index contributed by atoms with van der Waals surface area (Å²) in [6.45, 7) is 11.3. The van der Waals surface area contributed by atoms with Crippen LogP contribution in [0.5, 0.6) is 0 Å². The lowest BCUT2D eigenvalue weighted by Crippen LogP contribution is -2.41. The molecule has 1 rings (SSSR count). The summed E-state index contributed by atoms with van der Waals surface area (Å²) in [4.78, 5) is 2.60. The fraction of sp³-hybridized carbons (Fsp3) is 1.00. The summed E-state index contributed by atoms with van der Waals surface area (Å²) >= 11 is 0. The van der Waals surface area contributed by atoms with E-state index in [0.717, 1.165) is 12.5 Å². The number of rotatable bonds is 8. The third-order valence-corrected chi connectivity index (χ3v) is 3.61. The molecule has 1 aliphatic rings. The topological polar surface area (TPSA) is 29.3 Å². The van der Waals surface area contributed by atoms with Gasteiger partial charge in [0, 0.05) is 13.1 Å². The second kappa shape index (κ2) is 5.86. The third kappa shape index (κ3) is 4.52. The number of hydrogen-bond donors (Lipinski definition) is 1. The van der Waals surface area contributed by atoms with Crippen LogP contribution in [0, 0.1) is 11.3 Å². The predicted molar refractivity (Wildman–Crippen MR) is 66.9 cm³/mol. The quantitative estimate of drug-likeness (QED) is 0.670. The van der Waals surface area contributed by atoms with Gasteiger partial charge in [-0.3, -0.25) is 0 Å². The van der Waals surface area contributed by atoms with Gasteiger partial charge in [-0.1, -0.05) is 27.2 Å². The van der Waals surface area contributed by atoms with Crippen molar-refractivity contribution in [2.75, 3.05) is 26.2 Å². The fourth-order valence-corrected chi connectivity index (χ4v) is 2.36. The molecule has 0 aromatic rings. The largest absolute Gasteiger partial charge is 0.330 e. The smallest absolute Gasteiger partial charge is 0.00474 e. The molecule has 0 amide bonds. The Kier molecular flexibility index (Phi) is 5.07. The van der Waals surface area contributed by atoms with E-state index in [0.29, 0.717) is 5.41 Å². The molecule has 1 unspecified atom stereocenters. The first-order valence-corrected chi connectivity index (χ1v) is 6.56. The van der Waals surface area contributed by atoms with Crippen LogP contribution in [0.3, 0.4) is 0 Å². The van der Waals surface area contributed by atoms with E-state index in [1.807, 2.05) is 0 Å². The van der Waals surface area contributed by atoms with Gasteiger partial charge in [-0.25, -0.2) is 0 Å². The van der Waals surface area contributed by atoms with Crippen molar-refractivity contribution in [3.8, 4) is 0 Å². The van der Waals surface area contributed by atoms with Crippen LogP contribution in [-0.2, 0) is 0 Å².